The van der Waals surface area contributed by atoms with Gasteiger partial charge in [0.15, 0.2) is 0 Å². The minimum atomic E-state index is -3.21. The van der Waals surface area contributed by atoms with E-state index >= 15 is 0 Å². The van der Waals surface area contributed by atoms with Crippen molar-refractivity contribution in [2.75, 3.05) is 12.8 Å². The van der Waals surface area contributed by atoms with Gasteiger partial charge in [-0.1, -0.05) is 0 Å². The van der Waals surface area contributed by atoms with E-state index in [4.69, 9.17) is 0 Å². The van der Waals surface area contributed by atoms with E-state index in [9.17, 15) is 13.2 Å². The summed E-state index contributed by atoms with van der Waals surface area (Å²) in [6, 6.07) is -0.131. The molecule has 0 aromatic carbocycles. The summed E-state index contributed by atoms with van der Waals surface area (Å²) in [5.74, 6) is 0.0841. The highest BCUT2D eigenvalue weighted by Crippen LogP contribution is 2.28. The van der Waals surface area contributed by atoms with Crippen molar-refractivity contribution in [3.05, 3.63) is 0 Å². The summed E-state index contributed by atoms with van der Waals surface area (Å²) in [7, 11) is -3.21. The number of hydrogen-bond acceptors (Lipinski definition) is 3. The van der Waals surface area contributed by atoms with E-state index in [0.29, 0.717) is 6.42 Å². The Kier molecular flexibility index (Phi) is 2.72. The van der Waals surface area contributed by atoms with E-state index in [1.54, 1.807) is 0 Å². The van der Waals surface area contributed by atoms with Crippen LogP contribution in [0.5, 0.6) is 0 Å². The third-order valence-corrected chi connectivity index (χ3v) is 3.82. The molecule has 6 heteroatoms. The van der Waals surface area contributed by atoms with Gasteiger partial charge in [0.25, 0.3) is 0 Å². The second kappa shape index (κ2) is 3.75. The van der Waals surface area contributed by atoms with Gasteiger partial charge in [0.2, 0.25) is 15.9 Å². The Labute approximate surface area is 89.9 Å². The summed E-state index contributed by atoms with van der Waals surface area (Å²) < 4.78 is 24.8. The maximum absolute atomic E-state index is 11.6. The van der Waals surface area contributed by atoms with E-state index < -0.39 is 10.0 Å². The second-order valence-corrected chi connectivity index (χ2v) is 6.13. The monoisotopic (exact) mass is 232 g/mol. The molecule has 15 heavy (non-hydrogen) atoms. The summed E-state index contributed by atoms with van der Waals surface area (Å²) in [5.41, 5.74) is 0. The molecule has 0 radical (unpaired) electrons. The zero-order valence-electron chi connectivity index (χ0n) is 8.77. The summed E-state index contributed by atoms with van der Waals surface area (Å²) in [6.07, 6.45) is 4.49. The zero-order chi connectivity index (χ0) is 11.1. The maximum Gasteiger partial charge on any atom is 0.224 e. The lowest BCUT2D eigenvalue weighted by molar-refractivity contribution is -0.129. The lowest BCUT2D eigenvalue weighted by Gasteiger charge is -2.32. The average Bonchev–Trinajstić information content (AvgIpc) is 2.42. The number of rotatable bonds is 2. The van der Waals surface area contributed by atoms with Crippen molar-refractivity contribution >= 4 is 15.9 Å². The summed E-state index contributed by atoms with van der Waals surface area (Å²) in [6.45, 7) is 0.783. The molecule has 86 valence electrons. The SMILES string of the molecule is CS(=O)(=O)NC1CC(=O)N2CCCCC12. The predicted octanol–water partition coefficient (Wildman–Crippen LogP) is -0.311. The fourth-order valence-corrected chi connectivity index (χ4v) is 3.31. The van der Waals surface area contributed by atoms with Gasteiger partial charge in [-0.05, 0) is 19.3 Å². The van der Waals surface area contributed by atoms with Crippen LogP contribution in [0.1, 0.15) is 25.7 Å². The predicted molar refractivity (Wildman–Crippen MR) is 55.7 cm³/mol. The van der Waals surface area contributed by atoms with E-state index in [-0.39, 0.29) is 18.0 Å². The molecule has 2 unspecified atom stereocenters. The molecule has 2 fully saturated rings. The quantitative estimate of drug-likeness (QED) is 0.710. The summed E-state index contributed by atoms with van der Waals surface area (Å²) in [5, 5.41) is 0. The minimum Gasteiger partial charge on any atom is -0.338 e. The molecule has 0 aliphatic carbocycles. The molecule has 2 rings (SSSR count). The first kappa shape index (κ1) is 10.9. The molecule has 5 nitrogen and oxygen atoms in total. The molecular formula is C9H16N2O3S. The first-order chi connectivity index (χ1) is 6.97. The Morgan fingerprint density at radius 3 is 2.80 bits per heavy atom. The van der Waals surface area contributed by atoms with Crippen LogP contribution in [0.15, 0.2) is 0 Å². The van der Waals surface area contributed by atoms with Crippen molar-refractivity contribution in [1.29, 1.82) is 0 Å². The van der Waals surface area contributed by atoms with Gasteiger partial charge in [-0.3, -0.25) is 4.79 Å². The van der Waals surface area contributed by atoms with Crippen LogP contribution in [0.3, 0.4) is 0 Å². The molecule has 2 saturated heterocycles. The standard InChI is InChI=1S/C9H16N2O3S/c1-15(13,14)10-7-6-9(12)11-5-3-2-4-8(7)11/h7-8,10H,2-6H2,1H3. The molecule has 0 aromatic rings. The number of hydrogen-bond donors (Lipinski definition) is 1. The van der Waals surface area contributed by atoms with Crippen LogP contribution in [0.2, 0.25) is 0 Å². The van der Waals surface area contributed by atoms with Crippen LogP contribution < -0.4 is 4.72 Å². The number of carbonyl (C=O) groups is 1. The first-order valence-corrected chi connectivity index (χ1v) is 7.13. The molecule has 0 saturated carbocycles. The highest BCUT2D eigenvalue weighted by Gasteiger charge is 2.41. The molecule has 2 aliphatic heterocycles. The number of sulfonamides is 1. The maximum atomic E-state index is 11.6. The van der Waals surface area contributed by atoms with Crippen molar-refractivity contribution in [3.63, 3.8) is 0 Å². The number of amides is 1. The number of piperidine rings is 1. The van der Waals surface area contributed by atoms with Crippen molar-refractivity contribution < 1.29 is 13.2 Å². The third-order valence-electron chi connectivity index (χ3n) is 3.09. The van der Waals surface area contributed by atoms with Crippen molar-refractivity contribution in [1.82, 2.24) is 9.62 Å². The van der Waals surface area contributed by atoms with Crippen LogP contribution in [-0.2, 0) is 14.8 Å². The fraction of sp³-hybridized carbons (Fsp3) is 0.889. The van der Waals surface area contributed by atoms with Gasteiger partial charge in [-0.2, -0.15) is 0 Å². The van der Waals surface area contributed by atoms with E-state index in [1.165, 1.54) is 0 Å². The first-order valence-electron chi connectivity index (χ1n) is 5.24. The van der Waals surface area contributed by atoms with Crippen molar-refractivity contribution in [3.8, 4) is 0 Å². The Balaban J connectivity index is 2.11. The molecule has 1 amide bonds. The average molecular weight is 232 g/mol. The minimum absolute atomic E-state index is 0.0841. The highest BCUT2D eigenvalue weighted by atomic mass is 32.2. The Hall–Kier alpha value is -0.620. The summed E-state index contributed by atoms with van der Waals surface area (Å²) >= 11 is 0. The molecule has 2 heterocycles. The number of nitrogens with one attached hydrogen (secondary N) is 1. The topological polar surface area (TPSA) is 66.5 Å². The van der Waals surface area contributed by atoms with Gasteiger partial charge in [0.1, 0.15) is 0 Å². The lowest BCUT2D eigenvalue weighted by Crippen LogP contribution is -2.46. The Bertz CT molecular complexity index is 366. The van der Waals surface area contributed by atoms with Gasteiger partial charge in [-0.25, -0.2) is 13.1 Å². The lowest BCUT2D eigenvalue weighted by atomic mass is 10.00. The molecular weight excluding hydrogens is 216 g/mol. The van der Waals surface area contributed by atoms with Crippen LogP contribution in [-0.4, -0.2) is 44.1 Å². The van der Waals surface area contributed by atoms with Crippen LogP contribution >= 0.6 is 0 Å². The molecule has 0 spiro atoms. The number of nitrogens with zero attached hydrogens (tertiary/aromatic N) is 1. The Morgan fingerprint density at radius 1 is 1.40 bits per heavy atom. The second-order valence-electron chi connectivity index (χ2n) is 4.35. The van der Waals surface area contributed by atoms with Gasteiger partial charge in [0, 0.05) is 19.0 Å². The molecule has 2 atom stereocenters. The van der Waals surface area contributed by atoms with Crippen LogP contribution in [0.25, 0.3) is 0 Å². The summed E-state index contributed by atoms with van der Waals surface area (Å²) in [4.78, 5) is 13.4. The van der Waals surface area contributed by atoms with E-state index in [0.717, 1.165) is 32.1 Å². The number of carbonyl (C=O) groups excluding carboxylic acids is 1. The third kappa shape index (κ3) is 2.31. The van der Waals surface area contributed by atoms with E-state index in [1.807, 2.05) is 4.90 Å². The number of fused-ring (bicyclic) bond motifs is 1. The van der Waals surface area contributed by atoms with Gasteiger partial charge >= 0.3 is 0 Å². The van der Waals surface area contributed by atoms with Crippen LogP contribution in [0, 0.1) is 0 Å². The fourth-order valence-electron chi connectivity index (χ4n) is 2.52. The van der Waals surface area contributed by atoms with E-state index in [2.05, 4.69) is 4.72 Å². The van der Waals surface area contributed by atoms with Crippen molar-refractivity contribution in [2.24, 2.45) is 0 Å². The molecule has 0 aromatic heterocycles. The van der Waals surface area contributed by atoms with Crippen molar-refractivity contribution in [2.45, 2.75) is 37.8 Å². The zero-order valence-corrected chi connectivity index (χ0v) is 9.59. The Morgan fingerprint density at radius 2 is 2.13 bits per heavy atom. The highest BCUT2D eigenvalue weighted by molar-refractivity contribution is 7.88. The van der Waals surface area contributed by atoms with Gasteiger partial charge in [-0.15, -0.1) is 0 Å². The smallest absolute Gasteiger partial charge is 0.224 e. The van der Waals surface area contributed by atoms with Gasteiger partial charge < -0.3 is 4.90 Å². The molecule has 1 N–H and O–H groups in total. The van der Waals surface area contributed by atoms with Gasteiger partial charge in [0.05, 0.1) is 12.3 Å². The molecule has 0 bridgehead atoms. The molecule has 2 aliphatic rings. The van der Waals surface area contributed by atoms with Crippen LogP contribution in [0.4, 0.5) is 0 Å². The largest absolute Gasteiger partial charge is 0.338 e. The normalized spacial score (nSPS) is 31.8.